The number of benzene rings is 1. The van der Waals surface area contributed by atoms with E-state index in [1.807, 2.05) is 0 Å². The smallest absolute Gasteiger partial charge is 0 e. The van der Waals surface area contributed by atoms with Crippen molar-refractivity contribution < 1.29 is 0 Å². The molecule has 1 heteroatoms. The molecule has 0 saturated carbocycles. The van der Waals surface area contributed by atoms with Gasteiger partial charge in [-0.1, -0.05) is 51.0 Å². The van der Waals surface area contributed by atoms with E-state index in [1.54, 1.807) is 11.1 Å². The van der Waals surface area contributed by atoms with Crippen LogP contribution in [-0.4, -0.2) is 29.6 Å². The maximum atomic E-state index is 2.29. The fourth-order valence-electron chi connectivity index (χ4n) is 1.78. The number of hydrogen-bond donors (Lipinski definition) is 0. The number of unbranched alkanes of at least 4 members (excludes halogenated alkanes) is 2. The number of rotatable bonds is 6. The van der Waals surface area contributed by atoms with Gasteiger partial charge < -0.3 is 0 Å². The average molecular weight is 213 g/mol. The Bertz CT molecular complexity index is 228. The maximum absolute atomic E-state index is 2.29. The Morgan fingerprint density at radius 1 is 0.800 bits per heavy atom. The second-order valence-corrected chi connectivity index (χ2v) is 3.98. The second kappa shape index (κ2) is 9.45. The molecule has 1 radical (unpaired) electrons. The summed E-state index contributed by atoms with van der Waals surface area (Å²) in [5.41, 5.74) is 3.14. The van der Waals surface area contributed by atoms with Gasteiger partial charge in [0, 0.05) is 29.6 Å². The first-order chi connectivity index (χ1) is 6.88. The van der Waals surface area contributed by atoms with Crippen molar-refractivity contribution in [3.63, 3.8) is 0 Å². The van der Waals surface area contributed by atoms with Gasteiger partial charge in [-0.2, -0.15) is 0 Å². The predicted octanol–water partition coefficient (Wildman–Crippen LogP) is 3.99. The molecule has 0 aliphatic rings. The van der Waals surface area contributed by atoms with Crippen LogP contribution in [0.4, 0.5) is 0 Å². The number of aryl methyl sites for hydroxylation is 2. The van der Waals surface area contributed by atoms with Crippen molar-refractivity contribution in [3.8, 4) is 0 Å². The van der Waals surface area contributed by atoms with E-state index in [4.69, 9.17) is 0 Å². The average Bonchev–Trinajstić information content (AvgIpc) is 2.24. The Hall–Kier alpha value is 0.220. The van der Waals surface area contributed by atoms with Crippen LogP contribution in [0.5, 0.6) is 0 Å². The molecular weight excluding hydrogens is 191 g/mol. The summed E-state index contributed by atoms with van der Waals surface area (Å²) < 4.78 is 0. The molecule has 1 aromatic rings. The zero-order valence-electron chi connectivity index (χ0n) is 10.6. The first-order valence-corrected chi connectivity index (χ1v) is 5.95. The van der Waals surface area contributed by atoms with Crippen molar-refractivity contribution in [3.05, 3.63) is 35.4 Å². The molecule has 0 nitrogen and oxygen atoms in total. The molecule has 0 bridgehead atoms. The maximum Gasteiger partial charge on any atom is 0 e. The van der Waals surface area contributed by atoms with Crippen LogP contribution >= 0.6 is 0 Å². The van der Waals surface area contributed by atoms with Gasteiger partial charge in [0.2, 0.25) is 0 Å². The van der Waals surface area contributed by atoms with Crippen molar-refractivity contribution in [2.75, 3.05) is 0 Å². The summed E-state index contributed by atoms with van der Waals surface area (Å²) in [6.45, 7) is 4.52. The van der Waals surface area contributed by atoms with E-state index in [0.29, 0.717) is 0 Å². The third-order valence-electron chi connectivity index (χ3n) is 2.72. The minimum absolute atomic E-state index is 0. The third-order valence-corrected chi connectivity index (χ3v) is 2.72. The minimum Gasteiger partial charge on any atom is -0.0654 e. The molecule has 0 atom stereocenters. The van der Waals surface area contributed by atoms with E-state index in [2.05, 4.69) is 38.1 Å². The molecule has 0 amide bonds. The Morgan fingerprint density at radius 3 is 1.53 bits per heavy atom. The standard InChI is InChI=1S/C14H22.Na/c1-3-5-9-13-11-7-8-12-14(13)10-6-4-2;/h7-8,11-12H,3-6,9-10H2,1-2H3;. The van der Waals surface area contributed by atoms with Gasteiger partial charge in [-0.3, -0.25) is 0 Å². The van der Waals surface area contributed by atoms with Crippen molar-refractivity contribution in [1.82, 2.24) is 0 Å². The van der Waals surface area contributed by atoms with Crippen molar-refractivity contribution in [2.24, 2.45) is 0 Å². The fraction of sp³-hybridized carbons (Fsp3) is 0.571. The van der Waals surface area contributed by atoms with Crippen molar-refractivity contribution in [1.29, 1.82) is 0 Å². The minimum atomic E-state index is 0. The van der Waals surface area contributed by atoms with Crippen LogP contribution in [0.3, 0.4) is 0 Å². The van der Waals surface area contributed by atoms with Gasteiger partial charge in [-0.25, -0.2) is 0 Å². The summed E-state index contributed by atoms with van der Waals surface area (Å²) in [6.07, 6.45) is 7.75. The van der Waals surface area contributed by atoms with Crippen LogP contribution in [0.1, 0.15) is 50.7 Å². The zero-order valence-corrected chi connectivity index (χ0v) is 12.6. The molecule has 0 fully saturated rings. The first kappa shape index (κ1) is 15.2. The summed E-state index contributed by atoms with van der Waals surface area (Å²) in [5, 5.41) is 0. The van der Waals surface area contributed by atoms with E-state index in [1.165, 1.54) is 38.5 Å². The van der Waals surface area contributed by atoms with Gasteiger partial charge in [-0.15, -0.1) is 0 Å². The third kappa shape index (κ3) is 5.75. The quantitative estimate of drug-likeness (QED) is 0.627. The molecule has 0 aliphatic carbocycles. The molecule has 0 aromatic heterocycles. The summed E-state index contributed by atoms with van der Waals surface area (Å²) >= 11 is 0. The van der Waals surface area contributed by atoms with Gasteiger partial charge in [0.25, 0.3) is 0 Å². The molecule has 15 heavy (non-hydrogen) atoms. The zero-order chi connectivity index (χ0) is 10.2. The number of hydrogen-bond acceptors (Lipinski definition) is 0. The molecule has 1 rings (SSSR count). The van der Waals surface area contributed by atoms with E-state index in [-0.39, 0.29) is 29.6 Å². The Morgan fingerprint density at radius 2 is 1.20 bits per heavy atom. The van der Waals surface area contributed by atoms with Gasteiger partial charge in [0.15, 0.2) is 0 Å². The summed E-state index contributed by atoms with van der Waals surface area (Å²) in [4.78, 5) is 0. The summed E-state index contributed by atoms with van der Waals surface area (Å²) in [6, 6.07) is 8.92. The van der Waals surface area contributed by atoms with E-state index in [0.717, 1.165) is 0 Å². The van der Waals surface area contributed by atoms with Gasteiger partial charge in [-0.05, 0) is 36.8 Å². The molecule has 79 valence electrons. The SMILES string of the molecule is CCCCc1ccccc1CCCC.[Na]. The first-order valence-electron chi connectivity index (χ1n) is 5.95. The molecule has 0 spiro atoms. The molecule has 0 unspecified atom stereocenters. The van der Waals surface area contributed by atoms with Crippen LogP contribution in [0.2, 0.25) is 0 Å². The molecule has 0 saturated heterocycles. The topological polar surface area (TPSA) is 0 Å². The van der Waals surface area contributed by atoms with Gasteiger partial charge in [0.1, 0.15) is 0 Å². The van der Waals surface area contributed by atoms with Crippen LogP contribution in [-0.2, 0) is 12.8 Å². The summed E-state index contributed by atoms with van der Waals surface area (Å²) in [7, 11) is 0. The normalized spacial score (nSPS) is 9.73. The summed E-state index contributed by atoms with van der Waals surface area (Å²) in [5.74, 6) is 0. The molecule has 1 aromatic carbocycles. The van der Waals surface area contributed by atoms with E-state index in [9.17, 15) is 0 Å². The Kier molecular flexibility index (Phi) is 9.58. The fourth-order valence-corrected chi connectivity index (χ4v) is 1.78. The molecular formula is C14H22Na. The molecule has 0 heterocycles. The van der Waals surface area contributed by atoms with Crippen LogP contribution < -0.4 is 0 Å². The monoisotopic (exact) mass is 213 g/mol. The Labute approximate surface area is 117 Å². The molecule has 0 aliphatic heterocycles. The predicted molar refractivity (Wildman–Crippen MR) is 69.4 cm³/mol. The second-order valence-electron chi connectivity index (χ2n) is 3.98. The van der Waals surface area contributed by atoms with E-state index < -0.39 is 0 Å². The van der Waals surface area contributed by atoms with Crippen LogP contribution in [0, 0.1) is 0 Å². The molecule has 0 N–H and O–H groups in total. The van der Waals surface area contributed by atoms with Crippen LogP contribution in [0.25, 0.3) is 0 Å². The van der Waals surface area contributed by atoms with Gasteiger partial charge >= 0.3 is 0 Å². The van der Waals surface area contributed by atoms with Gasteiger partial charge in [0.05, 0.1) is 0 Å². The van der Waals surface area contributed by atoms with Crippen LogP contribution in [0.15, 0.2) is 24.3 Å². The Balaban J connectivity index is 0.00000196. The largest absolute Gasteiger partial charge is 0.0654 e. The van der Waals surface area contributed by atoms with Crippen molar-refractivity contribution in [2.45, 2.75) is 52.4 Å². The van der Waals surface area contributed by atoms with E-state index >= 15 is 0 Å². The van der Waals surface area contributed by atoms with Crippen molar-refractivity contribution >= 4 is 29.6 Å².